The van der Waals surface area contributed by atoms with Crippen LogP contribution in [0.1, 0.15) is 6.92 Å². The van der Waals surface area contributed by atoms with E-state index in [2.05, 4.69) is 28.9 Å². The summed E-state index contributed by atoms with van der Waals surface area (Å²) in [6.45, 7) is 2.23. The second-order valence-electron chi connectivity index (χ2n) is 3.22. The number of rotatable bonds is 5. The van der Waals surface area contributed by atoms with Crippen molar-refractivity contribution in [3.8, 4) is 5.75 Å². The molecule has 0 heterocycles. The van der Waals surface area contributed by atoms with Gasteiger partial charge in [0.2, 0.25) is 0 Å². The highest BCUT2D eigenvalue weighted by molar-refractivity contribution is 9.09. The largest absolute Gasteiger partial charge is 0.496 e. The monoisotopic (exact) mass is 274 g/mol. The minimum Gasteiger partial charge on any atom is -0.496 e. The molecular weight excluding hydrogens is 260 g/mol. The molecule has 1 atom stereocenters. The maximum Gasteiger partial charge on any atom is 0.132 e. The molecule has 78 valence electrons. The molecule has 0 bridgehead atoms. The highest BCUT2D eigenvalue weighted by Crippen LogP contribution is 2.30. The highest BCUT2D eigenvalue weighted by Gasteiger charge is 2.05. The summed E-state index contributed by atoms with van der Waals surface area (Å²) in [5.74, 6) is 2.77. The summed E-state index contributed by atoms with van der Waals surface area (Å²) < 4.78 is 5.28. The van der Waals surface area contributed by atoms with Crippen molar-refractivity contribution in [3.05, 3.63) is 24.3 Å². The van der Waals surface area contributed by atoms with E-state index < -0.39 is 0 Å². The molecule has 0 spiro atoms. The van der Waals surface area contributed by atoms with E-state index in [-0.39, 0.29) is 0 Å². The van der Waals surface area contributed by atoms with Crippen molar-refractivity contribution in [2.75, 3.05) is 18.2 Å². The number of para-hydroxylation sites is 1. The molecule has 1 aromatic rings. The Kier molecular flexibility index (Phi) is 5.41. The van der Waals surface area contributed by atoms with E-state index in [0.717, 1.165) is 16.8 Å². The first kappa shape index (κ1) is 11.9. The van der Waals surface area contributed by atoms with E-state index in [1.54, 1.807) is 7.11 Å². The van der Waals surface area contributed by atoms with Crippen LogP contribution in [0.4, 0.5) is 0 Å². The average Bonchev–Trinajstić information content (AvgIpc) is 2.26. The van der Waals surface area contributed by atoms with Crippen LogP contribution in [0.25, 0.3) is 0 Å². The number of thioether (sulfide) groups is 1. The van der Waals surface area contributed by atoms with Gasteiger partial charge in [-0.15, -0.1) is 11.8 Å². The molecule has 0 saturated carbocycles. The minimum absolute atomic E-state index is 0.685. The average molecular weight is 275 g/mol. The Balaban J connectivity index is 2.57. The standard InChI is InChI=1S/C11H15BrOS/c1-9(7-12)8-14-11-6-4-3-5-10(11)13-2/h3-6,9H,7-8H2,1-2H3. The van der Waals surface area contributed by atoms with Gasteiger partial charge in [-0.1, -0.05) is 35.0 Å². The third kappa shape index (κ3) is 3.54. The fraction of sp³-hybridized carbons (Fsp3) is 0.455. The first-order valence-corrected chi connectivity index (χ1v) is 6.70. The predicted molar refractivity (Wildman–Crippen MR) is 66.7 cm³/mol. The molecule has 0 N–H and O–H groups in total. The maximum atomic E-state index is 5.28. The summed E-state index contributed by atoms with van der Waals surface area (Å²) in [5, 5.41) is 1.05. The number of methoxy groups -OCH3 is 1. The predicted octanol–water partition coefficient (Wildman–Crippen LogP) is 3.82. The Bertz CT molecular complexity index is 278. The van der Waals surface area contributed by atoms with Gasteiger partial charge in [-0.2, -0.15) is 0 Å². The van der Waals surface area contributed by atoms with Crippen LogP contribution in [0.2, 0.25) is 0 Å². The van der Waals surface area contributed by atoms with Gasteiger partial charge in [0.15, 0.2) is 0 Å². The summed E-state index contributed by atoms with van der Waals surface area (Å²) in [5.41, 5.74) is 0. The van der Waals surface area contributed by atoms with Gasteiger partial charge in [-0.3, -0.25) is 0 Å². The lowest BCUT2D eigenvalue weighted by atomic mass is 10.3. The van der Waals surface area contributed by atoms with Gasteiger partial charge in [-0.25, -0.2) is 0 Å². The molecule has 0 amide bonds. The Morgan fingerprint density at radius 2 is 2.14 bits per heavy atom. The molecule has 14 heavy (non-hydrogen) atoms. The van der Waals surface area contributed by atoms with Crippen molar-refractivity contribution in [1.29, 1.82) is 0 Å². The zero-order valence-electron chi connectivity index (χ0n) is 8.50. The molecule has 0 fully saturated rings. The topological polar surface area (TPSA) is 9.23 Å². The second kappa shape index (κ2) is 6.36. The summed E-state index contributed by atoms with van der Waals surface area (Å²) in [7, 11) is 1.72. The van der Waals surface area contributed by atoms with Gasteiger partial charge in [0.25, 0.3) is 0 Å². The van der Waals surface area contributed by atoms with Crippen LogP contribution in [0.3, 0.4) is 0 Å². The number of halogens is 1. The third-order valence-corrected chi connectivity index (χ3v) is 4.35. The van der Waals surface area contributed by atoms with Crippen LogP contribution in [0.15, 0.2) is 29.2 Å². The van der Waals surface area contributed by atoms with Crippen molar-refractivity contribution in [2.24, 2.45) is 5.92 Å². The summed E-state index contributed by atoms with van der Waals surface area (Å²) in [6.07, 6.45) is 0. The van der Waals surface area contributed by atoms with Gasteiger partial charge in [0.1, 0.15) is 5.75 Å². The van der Waals surface area contributed by atoms with E-state index in [1.807, 2.05) is 30.0 Å². The fourth-order valence-electron chi connectivity index (χ4n) is 1.01. The van der Waals surface area contributed by atoms with Crippen LogP contribution < -0.4 is 4.74 Å². The molecule has 0 radical (unpaired) electrons. The van der Waals surface area contributed by atoms with E-state index in [0.29, 0.717) is 5.92 Å². The van der Waals surface area contributed by atoms with Crippen LogP contribution >= 0.6 is 27.7 Å². The molecule has 1 unspecified atom stereocenters. The molecule has 1 rings (SSSR count). The zero-order valence-corrected chi connectivity index (χ0v) is 10.9. The Hall–Kier alpha value is -0.150. The lowest BCUT2D eigenvalue weighted by Crippen LogP contribution is -1.99. The van der Waals surface area contributed by atoms with Crippen LogP contribution in [-0.4, -0.2) is 18.2 Å². The SMILES string of the molecule is COc1ccccc1SCC(C)CBr. The lowest BCUT2D eigenvalue weighted by Gasteiger charge is -2.10. The fourth-order valence-corrected chi connectivity index (χ4v) is 2.60. The van der Waals surface area contributed by atoms with E-state index in [9.17, 15) is 0 Å². The van der Waals surface area contributed by atoms with Crippen molar-refractivity contribution < 1.29 is 4.74 Å². The Morgan fingerprint density at radius 1 is 1.43 bits per heavy atom. The number of hydrogen-bond acceptors (Lipinski definition) is 2. The van der Waals surface area contributed by atoms with Gasteiger partial charge in [-0.05, 0) is 18.1 Å². The summed E-state index contributed by atoms with van der Waals surface area (Å²) >= 11 is 5.33. The van der Waals surface area contributed by atoms with Crippen molar-refractivity contribution in [3.63, 3.8) is 0 Å². The Morgan fingerprint density at radius 3 is 2.79 bits per heavy atom. The molecule has 0 aromatic heterocycles. The lowest BCUT2D eigenvalue weighted by molar-refractivity contribution is 0.405. The van der Waals surface area contributed by atoms with Crippen LogP contribution in [0, 0.1) is 5.92 Å². The maximum absolute atomic E-state index is 5.28. The normalized spacial score (nSPS) is 12.5. The number of hydrogen-bond donors (Lipinski definition) is 0. The molecule has 0 aliphatic rings. The van der Waals surface area contributed by atoms with E-state index >= 15 is 0 Å². The molecule has 3 heteroatoms. The molecule has 0 aliphatic carbocycles. The first-order chi connectivity index (χ1) is 6.77. The van der Waals surface area contributed by atoms with Crippen LogP contribution in [0.5, 0.6) is 5.75 Å². The molecule has 0 saturated heterocycles. The molecular formula is C11H15BrOS. The minimum atomic E-state index is 0.685. The quantitative estimate of drug-likeness (QED) is 0.597. The van der Waals surface area contributed by atoms with Crippen molar-refractivity contribution in [2.45, 2.75) is 11.8 Å². The van der Waals surface area contributed by atoms with Gasteiger partial charge < -0.3 is 4.74 Å². The van der Waals surface area contributed by atoms with Crippen LogP contribution in [-0.2, 0) is 0 Å². The number of alkyl halides is 1. The third-order valence-electron chi connectivity index (χ3n) is 1.86. The first-order valence-electron chi connectivity index (χ1n) is 4.59. The smallest absolute Gasteiger partial charge is 0.132 e. The molecule has 1 nitrogen and oxygen atoms in total. The highest BCUT2D eigenvalue weighted by atomic mass is 79.9. The zero-order chi connectivity index (χ0) is 10.4. The molecule has 0 aliphatic heterocycles. The summed E-state index contributed by atoms with van der Waals surface area (Å²) in [4.78, 5) is 1.22. The van der Waals surface area contributed by atoms with E-state index in [1.165, 1.54) is 4.90 Å². The number of benzene rings is 1. The van der Waals surface area contributed by atoms with Gasteiger partial charge >= 0.3 is 0 Å². The van der Waals surface area contributed by atoms with Crippen molar-refractivity contribution in [1.82, 2.24) is 0 Å². The number of ether oxygens (including phenoxy) is 1. The van der Waals surface area contributed by atoms with Crippen molar-refractivity contribution >= 4 is 27.7 Å². The van der Waals surface area contributed by atoms with Gasteiger partial charge in [0.05, 0.1) is 7.11 Å². The van der Waals surface area contributed by atoms with E-state index in [4.69, 9.17) is 4.74 Å². The second-order valence-corrected chi connectivity index (χ2v) is 4.93. The molecule has 1 aromatic carbocycles. The summed E-state index contributed by atoms with van der Waals surface area (Å²) in [6, 6.07) is 8.14. The Labute approximate surface area is 98.4 Å². The van der Waals surface area contributed by atoms with Gasteiger partial charge in [0, 0.05) is 16.0 Å².